The van der Waals surface area contributed by atoms with E-state index in [0.29, 0.717) is 24.2 Å². The van der Waals surface area contributed by atoms with Crippen molar-refractivity contribution in [1.82, 2.24) is 0 Å². The molecule has 0 bridgehead atoms. The fraction of sp³-hybridized carbons (Fsp3) is 0.200. The minimum Gasteiger partial charge on any atom is -0.469 e. The first-order chi connectivity index (χ1) is 12.2. The number of carbonyl (C=O) groups is 1. The number of furan rings is 1. The number of nitriles is 1. The van der Waals surface area contributed by atoms with E-state index in [4.69, 9.17) is 14.9 Å². The molecule has 4 rings (SSSR count). The van der Waals surface area contributed by atoms with E-state index in [0.717, 1.165) is 11.3 Å². The van der Waals surface area contributed by atoms with Crippen LogP contribution in [0.3, 0.4) is 0 Å². The lowest BCUT2D eigenvalue weighted by atomic mass is 9.74. The zero-order chi connectivity index (χ0) is 17.4. The average Bonchev–Trinajstić information content (AvgIpc) is 3.16. The van der Waals surface area contributed by atoms with Gasteiger partial charge in [-0.25, -0.2) is 0 Å². The Morgan fingerprint density at radius 2 is 1.92 bits per heavy atom. The van der Waals surface area contributed by atoms with Gasteiger partial charge in [0.25, 0.3) is 0 Å². The van der Waals surface area contributed by atoms with Crippen LogP contribution in [0, 0.1) is 11.3 Å². The summed E-state index contributed by atoms with van der Waals surface area (Å²) >= 11 is 0. The first-order valence-corrected chi connectivity index (χ1v) is 8.11. The van der Waals surface area contributed by atoms with Gasteiger partial charge in [0.15, 0.2) is 5.78 Å². The quantitative estimate of drug-likeness (QED) is 0.909. The maximum Gasteiger partial charge on any atom is 0.205 e. The molecule has 0 amide bonds. The number of carbonyl (C=O) groups excluding carboxylic acids is 1. The predicted molar refractivity (Wildman–Crippen MR) is 89.8 cm³/mol. The lowest BCUT2D eigenvalue weighted by molar-refractivity contribution is -0.117. The fourth-order valence-corrected chi connectivity index (χ4v) is 3.61. The van der Waals surface area contributed by atoms with Gasteiger partial charge in [-0.2, -0.15) is 5.26 Å². The first kappa shape index (κ1) is 15.3. The van der Waals surface area contributed by atoms with Crippen LogP contribution in [0.1, 0.15) is 36.0 Å². The van der Waals surface area contributed by atoms with Crippen LogP contribution in [0.25, 0.3) is 0 Å². The Morgan fingerprint density at radius 3 is 2.60 bits per heavy atom. The SMILES string of the molecule is N#CC1=C(N)OC2=C(C(=O)C[C@H](c3ccco3)C2)[C@H]1c1ccccc1. The zero-order valence-corrected chi connectivity index (χ0v) is 13.4. The highest BCUT2D eigenvalue weighted by Crippen LogP contribution is 2.46. The van der Waals surface area contributed by atoms with E-state index in [1.807, 2.05) is 36.4 Å². The Hall–Kier alpha value is -3.26. The summed E-state index contributed by atoms with van der Waals surface area (Å²) in [7, 11) is 0. The molecule has 2 aliphatic rings. The van der Waals surface area contributed by atoms with Crippen LogP contribution < -0.4 is 5.73 Å². The molecule has 0 unspecified atom stereocenters. The van der Waals surface area contributed by atoms with Crippen molar-refractivity contribution in [1.29, 1.82) is 5.26 Å². The summed E-state index contributed by atoms with van der Waals surface area (Å²) in [5.74, 6) is 0.797. The molecule has 5 heteroatoms. The van der Waals surface area contributed by atoms with Gasteiger partial charge in [0.1, 0.15) is 23.2 Å². The smallest absolute Gasteiger partial charge is 0.205 e. The molecule has 0 radical (unpaired) electrons. The average molecular weight is 332 g/mol. The van der Waals surface area contributed by atoms with Crippen LogP contribution in [-0.2, 0) is 9.53 Å². The Bertz CT molecular complexity index is 918. The molecule has 0 saturated heterocycles. The van der Waals surface area contributed by atoms with E-state index in [-0.39, 0.29) is 23.2 Å². The van der Waals surface area contributed by atoms with E-state index in [2.05, 4.69) is 6.07 Å². The molecule has 124 valence electrons. The molecule has 1 aromatic carbocycles. The summed E-state index contributed by atoms with van der Waals surface area (Å²) in [5, 5.41) is 9.56. The standard InChI is InChI=1S/C20H16N2O3/c21-11-14-18(12-5-2-1-3-6-12)19-15(23)9-13(16-7-4-8-24-16)10-17(19)25-20(14)22/h1-8,13,18H,9-10,22H2/t13-,18-/m0/s1. The largest absolute Gasteiger partial charge is 0.469 e. The molecular formula is C20H16N2O3. The molecule has 2 aromatic rings. The van der Waals surface area contributed by atoms with Gasteiger partial charge in [-0.05, 0) is 17.7 Å². The number of allylic oxidation sites excluding steroid dienone is 3. The molecule has 5 nitrogen and oxygen atoms in total. The van der Waals surface area contributed by atoms with Crippen molar-refractivity contribution in [2.24, 2.45) is 5.73 Å². The molecule has 0 saturated carbocycles. The molecule has 1 aliphatic heterocycles. The highest BCUT2D eigenvalue weighted by molar-refractivity contribution is 6.00. The minimum atomic E-state index is -0.472. The summed E-state index contributed by atoms with van der Waals surface area (Å²) in [4.78, 5) is 12.9. The molecule has 25 heavy (non-hydrogen) atoms. The van der Waals surface area contributed by atoms with Crippen molar-refractivity contribution in [3.05, 3.63) is 82.8 Å². The highest BCUT2D eigenvalue weighted by Gasteiger charge is 2.41. The van der Waals surface area contributed by atoms with Crippen molar-refractivity contribution >= 4 is 5.78 Å². The number of hydrogen-bond donors (Lipinski definition) is 1. The number of nitrogens with zero attached hydrogens (tertiary/aromatic N) is 1. The Labute approximate surface area is 145 Å². The van der Waals surface area contributed by atoms with Gasteiger partial charge in [-0.3, -0.25) is 4.79 Å². The van der Waals surface area contributed by atoms with Crippen molar-refractivity contribution in [2.45, 2.75) is 24.7 Å². The lowest BCUT2D eigenvalue weighted by Crippen LogP contribution is -2.29. The van der Waals surface area contributed by atoms with Crippen LogP contribution in [0.15, 0.2) is 75.9 Å². The lowest BCUT2D eigenvalue weighted by Gasteiger charge is -2.33. The van der Waals surface area contributed by atoms with Gasteiger partial charge in [0.05, 0.1) is 12.2 Å². The van der Waals surface area contributed by atoms with Crippen LogP contribution in [0.4, 0.5) is 0 Å². The van der Waals surface area contributed by atoms with Gasteiger partial charge in [-0.15, -0.1) is 0 Å². The molecule has 2 N–H and O–H groups in total. The molecule has 1 aromatic heterocycles. The van der Waals surface area contributed by atoms with Gasteiger partial charge >= 0.3 is 0 Å². The topological polar surface area (TPSA) is 89.3 Å². The van der Waals surface area contributed by atoms with E-state index < -0.39 is 5.92 Å². The fourth-order valence-electron chi connectivity index (χ4n) is 3.61. The predicted octanol–water partition coefficient (Wildman–Crippen LogP) is 3.49. The number of hydrogen-bond acceptors (Lipinski definition) is 5. The van der Waals surface area contributed by atoms with E-state index in [1.165, 1.54) is 0 Å². The zero-order valence-electron chi connectivity index (χ0n) is 13.4. The van der Waals surface area contributed by atoms with Crippen LogP contribution in [0.5, 0.6) is 0 Å². The summed E-state index contributed by atoms with van der Waals surface area (Å²) in [6.45, 7) is 0. The second-order valence-corrected chi connectivity index (χ2v) is 6.22. The molecular weight excluding hydrogens is 316 g/mol. The molecule has 2 heterocycles. The summed E-state index contributed by atoms with van der Waals surface area (Å²) in [5.41, 5.74) is 7.69. The molecule has 0 spiro atoms. The molecule has 0 fully saturated rings. The van der Waals surface area contributed by atoms with Gasteiger partial charge in [0.2, 0.25) is 5.88 Å². The number of benzene rings is 1. The number of rotatable bonds is 2. The van der Waals surface area contributed by atoms with E-state index in [1.54, 1.807) is 12.3 Å². The maximum atomic E-state index is 12.9. The second kappa shape index (κ2) is 5.99. The van der Waals surface area contributed by atoms with Crippen molar-refractivity contribution < 1.29 is 13.9 Å². The third-order valence-corrected chi connectivity index (χ3v) is 4.74. The number of ketones is 1. The highest BCUT2D eigenvalue weighted by atomic mass is 16.5. The van der Waals surface area contributed by atoms with Gasteiger partial charge < -0.3 is 14.9 Å². The van der Waals surface area contributed by atoms with Crippen molar-refractivity contribution in [2.75, 3.05) is 0 Å². The van der Waals surface area contributed by atoms with Gasteiger partial charge in [-0.1, -0.05) is 30.3 Å². The maximum absolute atomic E-state index is 12.9. The van der Waals surface area contributed by atoms with Crippen molar-refractivity contribution in [3.8, 4) is 6.07 Å². The Balaban J connectivity index is 1.80. The van der Waals surface area contributed by atoms with Gasteiger partial charge in [0, 0.05) is 24.3 Å². The monoisotopic (exact) mass is 332 g/mol. The minimum absolute atomic E-state index is 0.0308. The Kier molecular flexibility index (Phi) is 3.66. The number of nitrogens with two attached hydrogens (primary N) is 1. The molecule has 1 aliphatic carbocycles. The third-order valence-electron chi connectivity index (χ3n) is 4.74. The number of Topliss-reactive ketones (excluding diaryl/α,β-unsaturated/α-hetero) is 1. The Morgan fingerprint density at radius 1 is 1.12 bits per heavy atom. The van der Waals surface area contributed by atoms with Crippen LogP contribution in [0.2, 0.25) is 0 Å². The summed E-state index contributed by atoms with van der Waals surface area (Å²) in [6.07, 6.45) is 2.45. The van der Waals surface area contributed by atoms with Crippen LogP contribution in [-0.4, -0.2) is 5.78 Å². The normalized spacial score (nSPS) is 23.1. The summed E-state index contributed by atoms with van der Waals surface area (Å²) < 4.78 is 11.2. The van der Waals surface area contributed by atoms with E-state index >= 15 is 0 Å². The number of ether oxygens (including phenoxy) is 1. The third kappa shape index (κ3) is 2.52. The summed E-state index contributed by atoms with van der Waals surface area (Å²) in [6, 6.07) is 15.3. The molecule has 2 atom stereocenters. The van der Waals surface area contributed by atoms with E-state index in [9.17, 15) is 10.1 Å². The van der Waals surface area contributed by atoms with Crippen molar-refractivity contribution in [3.63, 3.8) is 0 Å². The first-order valence-electron chi connectivity index (χ1n) is 8.11. The second-order valence-electron chi connectivity index (χ2n) is 6.22. The van der Waals surface area contributed by atoms with Crippen LogP contribution >= 0.6 is 0 Å².